The van der Waals surface area contributed by atoms with Gasteiger partial charge in [-0.2, -0.15) is 0 Å². The molecule has 2 saturated heterocycles. The van der Waals surface area contributed by atoms with E-state index in [9.17, 15) is 0 Å². The van der Waals surface area contributed by atoms with Gasteiger partial charge < -0.3 is 9.88 Å². The number of fused-ring (bicyclic) bond motifs is 2. The molecule has 3 unspecified atom stereocenters. The molecule has 2 nitrogen and oxygen atoms in total. The van der Waals surface area contributed by atoms with Crippen molar-refractivity contribution in [3.8, 4) is 0 Å². The normalized spacial score (nSPS) is 27.2. The van der Waals surface area contributed by atoms with Crippen LogP contribution in [0.5, 0.6) is 0 Å². The number of piperidine rings is 1. The third-order valence-electron chi connectivity index (χ3n) is 6.11. The highest BCUT2D eigenvalue weighted by molar-refractivity contribution is 5.85. The molecule has 4 rings (SSSR count). The second-order valence-corrected chi connectivity index (χ2v) is 7.36. The van der Waals surface area contributed by atoms with Gasteiger partial charge in [0.15, 0.2) is 0 Å². The van der Waals surface area contributed by atoms with E-state index in [-0.39, 0.29) is 0 Å². The number of rotatable bonds is 3. The number of H-pyrrole nitrogens is 1. The zero-order valence-electron chi connectivity index (χ0n) is 13.9. The first-order valence-corrected chi connectivity index (χ1v) is 9.12. The van der Waals surface area contributed by atoms with Crippen LogP contribution in [0.15, 0.2) is 24.3 Å². The molecule has 3 atom stereocenters. The Morgan fingerprint density at radius 2 is 2.09 bits per heavy atom. The topological polar surface area (TPSA) is 19.0 Å². The van der Waals surface area contributed by atoms with E-state index in [0.29, 0.717) is 5.92 Å². The summed E-state index contributed by atoms with van der Waals surface area (Å²) in [6, 6.07) is 9.77. The standard InChI is InChI=1S/C20H28N2/c1-3-14(2)20-19(17-8-4-5-9-18(17)21-20)15-10-12-22-11-6-7-16(22)13-15/h4-5,8-9,14-16,21H,3,6-7,10-13H2,1-2H3. The second kappa shape index (κ2) is 5.73. The molecule has 0 spiro atoms. The Bertz CT molecular complexity index is 657. The molecule has 2 aromatic rings. The lowest BCUT2D eigenvalue weighted by atomic mass is 9.82. The van der Waals surface area contributed by atoms with Gasteiger partial charge >= 0.3 is 0 Å². The summed E-state index contributed by atoms with van der Waals surface area (Å²) >= 11 is 0. The maximum atomic E-state index is 3.76. The van der Waals surface area contributed by atoms with Crippen molar-refractivity contribution < 1.29 is 0 Å². The summed E-state index contributed by atoms with van der Waals surface area (Å²) in [5, 5.41) is 1.48. The van der Waals surface area contributed by atoms with Crippen LogP contribution in [0.1, 0.15) is 69.0 Å². The summed E-state index contributed by atoms with van der Waals surface area (Å²) in [4.78, 5) is 6.49. The Morgan fingerprint density at radius 3 is 2.95 bits per heavy atom. The number of hydrogen-bond donors (Lipinski definition) is 1. The molecule has 3 heterocycles. The fraction of sp³-hybridized carbons (Fsp3) is 0.600. The molecule has 2 fully saturated rings. The van der Waals surface area contributed by atoms with Gasteiger partial charge in [-0.25, -0.2) is 0 Å². The number of hydrogen-bond acceptors (Lipinski definition) is 1. The molecule has 0 radical (unpaired) electrons. The lowest BCUT2D eigenvalue weighted by Gasteiger charge is -2.35. The van der Waals surface area contributed by atoms with Crippen molar-refractivity contribution in [1.82, 2.24) is 9.88 Å². The Hall–Kier alpha value is -1.28. The van der Waals surface area contributed by atoms with E-state index in [2.05, 4.69) is 48.0 Å². The molecule has 118 valence electrons. The molecule has 2 aliphatic heterocycles. The number of aromatic amines is 1. The van der Waals surface area contributed by atoms with Crippen molar-refractivity contribution in [2.75, 3.05) is 13.1 Å². The van der Waals surface area contributed by atoms with Gasteiger partial charge in [0.05, 0.1) is 0 Å². The molecule has 0 amide bonds. The first-order chi connectivity index (χ1) is 10.8. The second-order valence-electron chi connectivity index (χ2n) is 7.36. The zero-order valence-corrected chi connectivity index (χ0v) is 13.9. The van der Waals surface area contributed by atoms with E-state index in [1.807, 2.05) is 0 Å². The van der Waals surface area contributed by atoms with Crippen molar-refractivity contribution >= 4 is 10.9 Å². The van der Waals surface area contributed by atoms with E-state index in [1.54, 1.807) is 5.56 Å². The highest BCUT2D eigenvalue weighted by atomic mass is 15.2. The van der Waals surface area contributed by atoms with Crippen LogP contribution in [0.2, 0.25) is 0 Å². The van der Waals surface area contributed by atoms with E-state index in [0.717, 1.165) is 12.0 Å². The van der Waals surface area contributed by atoms with Gasteiger partial charge in [-0.3, -0.25) is 0 Å². The predicted molar refractivity (Wildman–Crippen MR) is 93.6 cm³/mol. The fourth-order valence-electron chi connectivity index (χ4n) is 4.70. The minimum absolute atomic E-state index is 0.629. The lowest BCUT2D eigenvalue weighted by molar-refractivity contribution is 0.181. The van der Waals surface area contributed by atoms with Gasteiger partial charge in [0.25, 0.3) is 0 Å². The van der Waals surface area contributed by atoms with Crippen LogP contribution in [0.4, 0.5) is 0 Å². The Labute approximate surface area is 133 Å². The number of aromatic nitrogens is 1. The summed E-state index contributed by atoms with van der Waals surface area (Å²) in [6.07, 6.45) is 6.73. The van der Waals surface area contributed by atoms with E-state index < -0.39 is 0 Å². The molecule has 2 aliphatic rings. The average molecular weight is 296 g/mol. The Morgan fingerprint density at radius 1 is 1.23 bits per heavy atom. The molecule has 0 aliphatic carbocycles. The van der Waals surface area contributed by atoms with Crippen LogP contribution >= 0.6 is 0 Å². The van der Waals surface area contributed by atoms with Crippen LogP contribution in [0.3, 0.4) is 0 Å². The van der Waals surface area contributed by atoms with Crippen molar-refractivity contribution in [2.24, 2.45) is 0 Å². The van der Waals surface area contributed by atoms with Gasteiger partial charge in [-0.05, 0) is 68.7 Å². The Kier molecular flexibility index (Phi) is 3.73. The van der Waals surface area contributed by atoms with Crippen molar-refractivity contribution in [1.29, 1.82) is 0 Å². The van der Waals surface area contributed by atoms with E-state index in [1.165, 1.54) is 61.8 Å². The largest absolute Gasteiger partial charge is 0.358 e. The average Bonchev–Trinajstić information content (AvgIpc) is 3.17. The SMILES string of the molecule is CCC(C)c1[nH]c2ccccc2c1C1CCN2CCCC2C1. The summed E-state index contributed by atoms with van der Waals surface area (Å²) in [5.74, 6) is 1.38. The third kappa shape index (κ3) is 2.28. The fourth-order valence-corrected chi connectivity index (χ4v) is 4.70. The summed E-state index contributed by atoms with van der Waals surface area (Å²) in [6.45, 7) is 7.32. The van der Waals surface area contributed by atoms with Crippen LogP contribution < -0.4 is 0 Å². The van der Waals surface area contributed by atoms with Crippen molar-refractivity contribution in [3.63, 3.8) is 0 Å². The van der Waals surface area contributed by atoms with Gasteiger partial charge in [-0.1, -0.05) is 32.0 Å². The minimum Gasteiger partial charge on any atom is -0.358 e. The predicted octanol–water partition coefficient (Wildman–Crippen LogP) is 5.02. The zero-order chi connectivity index (χ0) is 15.1. The van der Waals surface area contributed by atoms with E-state index in [4.69, 9.17) is 0 Å². The smallest absolute Gasteiger partial charge is 0.0459 e. The highest BCUT2D eigenvalue weighted by Gasteiger charge is 2.34. The molecule has 1 aromatic heterocycles. The maximum absolute atomic E-state index is 3.76. The van der Waals surface area contributed by atoms with Crippen molar-refractivity contribution in [2.45, 2.75) is 63.8 Å². The molecule has 2 heteroatoms. The monoisotopic (exact) mass is 296 g/mol. The van der Waals surface area contributed by atoms with Gasteiger partial charge in [-0.15, -0.1) is 0 Å². The molecule has 0 saturated carbocycles. The van der Waals surface area contributed by atoms with Crippen LogP contribution in [0.25, 0.3) is 10.9 Å². The quantitative estimate of drug-likeness (QED) is 0.842. The van der Waals surface area contributed by atoms with Gasteiger partial charge in [0, 0.05) is 22.6 Å². The maximum Gasteiger partial charge on any atom is 0.0459 e. The Balaban J connectivity index is 1.75. The van der Waals surface area contributed by atoms with Crippen LogP contribution in [-0.4, -0.2) is 29.0 Å². The minimum atomic E-state index is 0.629. The lowest BCUT2D eigenvalue weighted by Crippen LogP contribution is -2.37. The summed E-state index contributed by atoms with van der Waals surface area (Å²) < 4.78 is 0. The number of benzene rings is 1. The molecular formula is C20H28N2. The molecule has 22 heavy (non-hydrogen) atoms. The van der Waals surface area contributed by atoms with Gasteiger partial charge in [0.1, 0.15) is 0 Å². The molecule has 1 N–H and O–H groups in total. The molecular weight excluding hydrogens is 268 g/mol. The molecule has 0 bridgehead atoms. The number of nitrogens with one attached hydrogen (secondary N) is 1. The molecule has 1 aromatic carbocycles. The van der Waals surface area contributed by atoms with Gasteiger partial charge in [0.2, 0.25) is 0 Å². The first kappa shape index (κ1) is 14.3. The summed E-state index contributed by atoms with van der Waals surface area (Å²) in [7, 11) is 0. The van der Waals surface area contributed by atoms with Crippen LogP contribution in [-0.2, 0) is 0 Å². The van der Waals surface area contributed by atoms with Crippen LogP contribution in [0, 0.1) is 0 Å². The van der Waals surface area contributed by atoms with E-state index >= 15 is 0 Å². The highest BCUT2D eigenvalue weighted by Crippen LogP contribution is 2.42. The number of para-hydroxylation sites is 1. The third-order valence-corrected chi connectivity index (χ3v) is 6.11. The van der Waals surface area contributed by atoms with Crippen molar-refractivity contribution in [3.05, 3.63) is 35.5 Å². The first-order valence-electron chi connectivity index (χ1n) is 9.12. The summed E-state index contributed by atoms with van der Waals surface area (Å²) in [5.41, 5.74) is 4.50. The number of nitrogens with zero attached hydrogens (tertiary/aromatic N) is 1.